The lowest BCUT2D eigenvalue weighted by atomic mass is 10.0. The van der Waals surface area contributed by atoms with Crippen molar-refractivity contribution in [2.45, 2.75) is 20.3 Å². The Kier molecular flexibility index (Phi) is 3.47. The first-order valence-corrected chi connectivity index (χ1v) is 5.98. The minimum atomic E-state index is 0.0550. The second kappa shape index (κ2) is 5.04. The summed E-state index contributed by atoms with van der Waals surface area (Å²) in [5.41, 5.74) is 2.99. The normalized spacial score (nSPS) is 14.8. The summed E-state index contributed by atoms with van der Waals surface area (Å²) >= 11 is 0. The first-order valence-electron chi connectivity index (χ1n) is 5.98. The van der Waals surface area contributed by atoms with E-state index in [-0.39, 0.29) is 5.78 Å². The molecule has 0 spiro atoms. The van der Waals surface area contributed by atoms with Gasteiger partial charge in [-0.05, 0) is 25.8 Å². The van der Waals surface area contributed by atoms with Gasteiger partial charge in [-0.3, -0.25) is 4.79 Å². The minimum absolute atomic E-state index is 0.0550. The maximum absolute atomic E-state index is 12.1. The van der Waals surface area contributed by atoms with Crippen LogP contribution in [0.3, 0.4) is 0 Å². The summed E-state index contributed by atoms with van der Waals surface area (Å²) in [6.45, 7) is 5.86. The first-order chi connectivity index (χ1) is 8.16. The van der Waals surface area contributed by atoms with E-state index in [0.717, 1.165) is 36.5 Å². The number of aryl methyl sites for hydroxylation is 2. The zero-order valence-electron chi connectivity index (χ0n) is 10.3. The molecular formula is C14H18N2O. The van der Waals surface area contributed by atoms with Crippen LogP contribution in [-0.2, 0) is 0 Å². The van der Waals surface area contributed by atoms with Crippen molar-refractivity contribution >= 4 is 5.78 Å². The van der Waals surface area contributed by atoms with Gasteiger partial charge in [0.05, 0.1) is 0 Å². The summed E-state index contributed by atoms with van der Waals surface area (Å²) in [5, 5.41) is 6.36. The average molecular weight is 230 g/mol. The van der Waals surface area contributed by atoms with Crippen molar-refractivity contribution < 1.29 is 4.79 Å². The maximum Gasteiger partial charge on any atom is 0.189 e. The molecule has 3 heteroatoms. The van der Waals surface area contributed by atoms with Crippen LogP contribution in [0.1, 0.15) is 27.9 Å². The van der Waals surface area contributed by atoms with Gasteiger partial charge in [0, 0.05) is 24.7 Å². The van der Waals surface area contributed by atoms with Gasteiger partial charge in [0.2, 0.25) is 0 Å². The molecule has 1 heterocycles. The number of rotatable bonds is 2. The number of benzene rings is 1. The summed E-state index contributed by atoms with van der Waals surface area (Å²) in [7, 11) is 0. The van der Waals surface area contributed by atoms with E-state index in [1.54, 1.807) is 6.08 Å². The Bertz CT molecular complexity index is 455. The van der Waals surface area contributed by atoms with E-state index in [4.69, 9.17) is 0 Å². The van der Waals surface area contributed by atoms with Crippen molar-refractivity contribution in [1.82, 2.24) is 10.6 Å². The molecule has 3 nitrogen and oxygen atoms in total. The number of carbonyl (C=O) groups excluding carboxylic acids is 1. The van der Waals surface area contributed by atoms with E-state index in [9.17, 15) is 4.79 Å². The van der Waals surface area contributed by atoms with Gasteiger partial charge in [-0.15, -0.1) is 0 Å². The lowest BCUT2D eigenvalue weighted by molar-refractivity contribution is 0.104. The predicted molar refractivity (Wildman–Crippen MR) is 69.0 cm³/mol. The fraction of sp³-hybridized carbons (Fsp3) is 0.357. The molecule has 1 aliphatic rings. The lowest BCUT2D eigenvalue weighted by Gasteiger charge is -2.18. The average Bonchev–Trinajstić information content (AvgIpc) is 2.30. The van der Waals surface area contributed by atoms with Gasteiger partial charge in [0.25, 0.3) is 0 Å². The van der Waals surface area contributed by atoms with Gasteiger partial charge in [0.1, 0.15) is 5.82 Å². The third-order valence-corrected chi connectivity index (χ3v) is 2.91. The molecule has 1 saturated heterocycles. The molecule has 1 aliphatic heterocycles. The van der Waals surface area contributed by atoms with Crippen molar-refractivity contribution in [2.75, 3.05) is 13.1 Å². The van der Waals surface area contributed by atoms with Gasteiger partial charge >= 0.3 is 0 Å². The molecule has 1 aromatic rings. The molecule has 2 N–H and O–H groups in total. The van der Waals surface area contributed by atoms with Gasteiger partial charge in [0.15, 0.2) is 5.78 Å². The summed E-state index contributed by atoms with van der Waals surface area (Å²) in [6.07, 6.45) is 2.74. The Morgan fingerprint density at radius 3 is 2.59 bits per heavy atom. The molecule has 0 saturated carbocycles. The fourth-order valence-electron chi connectivity index (χ4n) is 2.00. The summed E-state index contributed by atoms with van der Waals surface area (Å²) in [6, 6.07) is 5.90. The number of hydrogen-bond acceptors (Lipinski definition) is 3. The quantitative estimate of drug-likeness (QED) is 0.602. The van der Waals surface area contributed by atoms with Crippen molar-refractivity contribution in [3.8, 4) is 0 Å². The fourth-order valence-corrected chi connectivity index (χ4v) is 2.00. The molecule has 90 valence electrons. The van der Waals surface area contributed by atoms with Gasteiger partial charge in [-0.2, -0.15) is 0 Å². The summed E-state index contributed by atoms with van der Waals surface area (Å²) in [5.74, 6) is 0.889. The van der Waals surface area contributed by atoms with Gasteiger partial charge in [-0.25, -0.2) is 0 Å². The van der Waals surface area contributed by atoms with Crippen LogP contribution in [0.4, 0.5) is 0 Å². The highest BCUT2D eigenvalue weighted by Crippen LogP contribution is 2.12. The maximum atomic E-state index is 12.1. The Morgan fingerprint density at radius 2 is 1.94 bits per heavy atom. The zero-order chi connectivity index (χ0) is 12.3. The first kappa shape index (κ1) is 11.7. The molecule has 0 unspecified atom stereocenters. The van der Waals surface area contributed by atoms with Crippen LogP contribution in [0.25, 0.3) is 0 Å². The van der Waals surface area contributed by atoms with Crippen molar-refractivity contribution in [1.29, 1.82) is 0 Å². The minimum Gasteiger partial charge on any atom is -0.372 e. The van der Waals surface area contributed by atoms with Crippen LogP contribution < -0.4 is 10.6 Å². The number of allylic oxidation sites excluding steroid dienone is 1. The molecule has 0 bridgehead atoms. The van der Waals surface area contributed by atoms with Crippen LogP contribution >= 0.6 is 0 Å². The molecule has 0 atom stereocenters. The molecule has 17 heavy (non-hydrogen) atoms. The third-order valence-electron chi connectivity index (χ3n) is 2.91. The zero-order valence-corrected chi connectivity index (χ0v) is 10.3. The highest BCUT2D eigenvalue weighted by Gasteiger charge is 2.09. The number of hydrogen-bond donors (Lipinski definition) is 2. The number of carbonyl (C=O) groups is 1. The Morgan fingerprint density at radius 1 is 1.24 bits per heavy atom. The van der Waals surface area contributed by atoms with Crippen LogP contribution in [0.5, 0.6) is 0 Å². The highest BCUT2D eigenvalue weighted by molar-refractivity contribution is 6.05. The summed E-state index contributed by atoms with van der Waals surface area (Å²) < 4.78 is 0. The van der Waals surface area contributed by atoms with Crippen LogP contribution in [-0.4, -0.2) is 18.9 Å². The molecule has 0 aromatic heterocycles. The Labute approximate surface area is 102 Å². The molecule has 0 aliphatic carbocycles. The van der Waals surface area contributed by atoms with Gasteiger partial charge in [-0.1, -0.05) is 23.8 Å². The monoisotopic (exact) mass is 230 g/mol. The topological polar surface area (TPSA) is 41.1 Å². The van der Waals surface area contributed by atoms with E-state index in [1.165, 1.54) is 5.56 Å². The van der Waals surface area contributed by atoms with Gasteiger partial charge < -0.3 is 10.6 Å². The van der Waals surface area contributed by atoms with Crippen LogP contribution in [0.2, 0.25) is 0 Å². The van der Waals surface area contributed by atoms with Crippen molar-refractivity contribution in [2.24, 2.45) is 0 Å². The van der Waals surface area contributed by atoms with E-state index in [0.29, 0.717) is 0 Å². The summed E-state index contributed by atoms with van der Waals surface area (Å²) in [4.78, 5) is 12.1. The molecular weight excluding hydrogens is 212 g/mol. The molecule has 0 amide bonds. The van der Waals surface area contributed by atoms with Crippen molar-refractivity contribution in [3.63, 3.8) is 0 Å². The third kappa shape index (κ3) is 2.87. The van der Waals surface area contributed by atoms with Crippen molar-refractivity contribution in [3.05, 3.63) is 46.8 Å². The predicted octanol–water partition coefficient (Wildman–Crippen LogP) is 1.91. The SMILES string of the molecule is Cc1ccc(C(=O)C=C2NCCCN2)c(C)c1. The lowest BCUT2D eigenvalue weighted by Crippen LogP contribution is -2.35. The highest BCUT2D eigenvalue weighted by atomic mass is 16.1. The second-order valence-electron chi connectivity index (χ2n) is 4.45. The number of ketones is 1. The molecule has 1 fully saturated rings. The molecule has 2 rings (SSSR count). The van der Waals surface area contributed by atoms with E-state index in [1.807, 2.05) is 32.0 Å². The van der Waals surface area contributed by atoms with E-state index < -0.39 is 0 Å². The Hall–Kier alpha value is -1.77. The molecule has 0 radical (unpaired) electrons. The van der Waals surface area contributed by atoms with Crippen LogP contribution in [0.15, 0.2) is 30.1 Å². The van der Waals surface area contributed by atoms with E-state index in [2.05, 4.69) is 10.6 Å². The number of nitrogens with one attached hydrogen (secondary N) is 2. The van der Waals surface area contributed by atoms with Crippen LogP contribution in [0, 0.1) is 13.8 Å². The molecule has 1 aromatic carbocycles. The standard InChI is InChI=1S/C14H18N2O/c1-10-4-5-12(11(2)8-10)13(17)9-14-15-6-3-7-16-14/h4-5,8-9,15-16H,3,6-7H2,1-2H3. The smallest absolute Gasteiger partial charge is 0.189 e. The Balaban J connectivity index is 2.19. The van der Waals surface area contributed by atoms with E-state index >= 15 is 0 Å². The second-order valence-corrected chi connectivity index (χ2v) is 4.45. The largest absolute Gasteiger partial charge is 0.372 e.